The van der Waals surface area contributed by atoms with Gasteiger partial charge >= 0.3 is 0 Å². The molecule has 2 aliphatic heterocycles. The van der Waals surface area contributed by atoms with Crippen LogP contribution in [0.15, 0.2) is 18.5 Å². The Morgan fingerprint density at radius 3 is 2.78 bits per heavy atom. The lowest BCUT2D eigenvalue weighted by Gasteiger charge is -2.45. The first-order valence-corrected chi connectivity index (χ1v) is 6.60. The molecule has 1 aromatic heterocycles. The van der Waals surface area contributed by atoms with Crippen molar-refractivity contribution in [1.82, 2.24) is 15.3 Å². The zero-order chi connectivity index (χ0) is 12.4. The summed E-state index contributed by atoms with van der Waals surface area (Å²) >= 11 is 0. The molecular formula is C13H18N4O. The number of anilines is 1. The van der Waals surface area contributed by atoms with Crippen LogP contribution in [0, 0.1) is 0 Å². The second-order valence-electron chi connectivity index (χ2n) is 5.26. The van der Waals surface area contributed by atoms with Gasteiger partial charge in [0.25, 0.3) is 0 Å². The van der Waals surface area contributed by atoms with Crippen molar-refractivity contribution in [2.75, 3.05) is 18.0 Å². The molecule has 0 aromatic carbocycles. The summed E-state index contributed by atoms with van der Waals surface area (Å²) in [5.74, 6) is 0.966. The first-order valence-electron chi connectivity index (χ1n) is 6.60. The van der Waals surface area contributed by atoms with E-state index in [1.807, 2.05) is 6.07 Å². The number of hydrogen-bond donors (Lipinski definition) is 1. The molecule has 1 N–H and O–H groups in total. The number of piperidine rings is 2. The van der Waals surface area contributed by atoms with Gasteiger partial charge in [-0.2, -0.15) is 0 Å². The monoisotopic (exact) mass is 246 g/mol. The van der Waals surface area contributed by atoms with E-state index >= 15 is 0 Å². The van der Waals surface area contributed by atoms with Gasteiger partial charge in [-0.05, 0) is 31.7 Å². The number of nitrogens with zero attached hydrogens (tertiary/aromatic N) is 3. The second kappa shape index (κ2) is 4.55. The van der Waals surface area contributed by atoms with Crippen molar-refractivity contribution in [3.8, 4) is 0 Å². The van der Waals surface area contributed by atoms with Gasteiger partial charge in [0.05, 0.1) is 5.54 Å². The summed E-state index contributed by atoms with van der Waals surface area (Å²) in [5, 5.41) is 3.20. The van der Waals surface area contributed by atoms with E-state index < -0.39 is 0 Å². The van der Waals surface area contributed by atoms with Crippen LogP contribution in [0.3, 0.4) is 0 Å². The largest absolute Gasteiger partial charge is 0.349 e. The molecule has 1 aromatic rings. The van der Waals surface area contributed by atoms with Crippen molar-refractivity contribution in [1.29, 1.82) is 0 Å². The lowest BCUT2D eigenvalue weighted by atomic mass is 9.81. The molecular weight excluding hydrogens is 228 g/mol. The summed E-state index contributed by atoms with van der Waals surface area (Å²) in [4.78, 5) is 22.4. The molecule has 2 fully saturated rings. The Kier molecular flexibility index (Phi) is 2.89. The summed E-state index contributed by atoms with van der Waals surface area (Å²) in [5.41, 5.74) is -0.0488. The fourth-order valence-electron chi connectivity index (χ4n) is 3.07. The Balaban J connectivity index is 1.77. The number of rotatable bonds is 1. The van der Waals surface area contributed by atoms with Crippen molar-refractivity contribution in [2.24, 2.45) is 0 Å². The maximum Gasteiger partial charge on any atom is 0.225 e. The summed E-state index contributed by atoms with van der Waals surface area (Å²) in [6, 6.07) is 1.82. The summed E-state index contributed by atoms with van der Waals surface area (Å²) in [7, 11) is 0. The van der Waals surface area contributed by atoms with Gasteiger partial charge in [-0.1, -0.05) is 0 Å². The van der Waals surface area contributed by atoms with Gasteiger partial charge in [0, 0.05) is 31.9 Å². The lowest BCUT2D eigenvalue weighted by Crippen LogP contribution is -2.60. The van der Waals surface area contributed by atoms with Crippen LogP contribution in [0.2, 0.25) is 0 Å². The number of carbonyl (C=O) groups excluding carboxylic acids is 1. The zero-order valence-electron chi connectivity index (χ0n) is 10.4. The summed E-state index contributed by atoms with van der Waals surface area (Å²) in [6.45, 7) is 1.81. The fourth-order valence-corrected chi connectivity index (χ4v) is 3.07. The highest BCUT2D eigenvalue weighted by Crippen LogP contribution is 2.30. The average Bonchev–Trinajstić information content (AvgIpc) is 2.39. The number of aromatic nitrogens is 2. The van der Waals surface area contributed by atoms with Crippen LogP contribution in [0.4, 0.5) is 5.95 Å². The van der Waals surface area contributed by atoms with E-state index in [0.29, 0.717) is 6.42 Å². The van der Waals surface area contributed by atoms with E-state index in [1.165, 1.54) is 0 Å². The molecule has 1 atom stereocenters. The third-order valence-corrected chi connectivity index (χ3v) is 3.88. The molecule has 3 rings (SSSR count). The van der Waals surface area contributed by atoms with Crippen molar-refractivity contribution >= 4 is 11.9 Å². The molecule has 2 aliphatic rings. The zero-order valence-corrected chi connectivity index (χ0v) is 10.4. The highest BCUT2D eigenvalue weighted by Gasteiger charge is 2.39. The molecule has 18 heavy (non-hydrogen) atoms. The Morgan fingerprint density at radius 1 is 1.22 bits per heavy atom. The van der Waals surface area contributed by atoms with E-state index in [2.05, 4.69) is 20.2 Å². The first kappa shape index (κ1) is 11.4. The quantitative estimate of drug-likeness (QED) is 0.806. The molecule has 5 heteroatoms. The smallest absolute Gasteiger partial charge is 0.225 e. The van der Waals surface area contributed by atoms with Crippen molar-refractivity contribution in [2.45, 2.75) is 37.6 Å². The Hall–Kier alpha value is -1.65. The van der Waals surface area contributed by atoms with Crippen LogP contribution < -0.4 is 10.2 Å². The first-order chi connectivity index (χ1) is 8.77. The summed E-state index contributed by atoms with van der Waals surface area (Å²) in [6.07, 6.45) is 8.42. The molecule has 0 aliphatic carbocycles. The van der Waals surface area contributed by atoms with Crippen LogP contribution >= 0.6 is 0 Å². The molecule has 3 heterocycles. The minimum Gasteiger partial charge on any atom is -0.349 e. The average molecular weight is 246 g/mol. The predicted molar refractivity (Wildman–Crippen MR) is 68.2 cm³/mol. The third-order valence-electron chi connectivity index (χ3n) is 3.88. The van der Waals surface area contributed by atoms with E-state index in [1.54, 1.807) is 12.4 Å². The SMILES string of the molecule is O=C1CCC[C@]2(CCCN(c3ncccn3)C2)N1. The van der Waals surface area contributed by atoms with Gasteiger partial charge in [-0.25, -0.2) is 9.97 Å². The normalized spacial score (nSPS) is 28.2. The van der Waals surface area contributed by atoms with Crippen molar-refractivity contribution in [3.63, 3.8) is 0 Å². The Bertz CT molecular complexity index is 432. The van der Waals surface area contributed by atoms with E-state index in [4.69, 9.17) is 0 Å². The molecule has 1 spiro atoms. The third kappa shape index (κ3) is 2.17. The number of hydrogen-bond acceptors (Lipinski definition) is 4. The molecule has 96 valence electrons. The van der Waals surface area contributed by atoms with Gasteiger partial charge < -0.3 is 10.2 Å². The molecule has 0 bridgehead atoms. The molecule has 5 nitrogen and oxygen atoms in total. The van der Waals surface area contributed by atoms with Gasteiger partial charge in [-0.3, -0.25) is 4.79 Å². The van der Waals surface area contributed by atoms with Gasteiger partial charge in [-0.15, -0.1) is 0 Å². The molecule has 1 amide bonds. The van der Waals surface area contributed by atoms with Gasteiger partial charge in [0.15, 0.2) is 0 Å². The lowest BCUT2D eigenvalue weighted by molar-refractivity contribution is -0.125. The van der Waals surface area contributed by atoms with Gasteiger partial charge in [0.1, 0.15) is 0 Å². The van der Waals surface area contributed by atoms with Crippen molar-refractivity contribution < 1.29 is 4.79 Å². The molecule has 0 unspecified atom stereocenters. The summed E-state index contributed by atoms with van der Waals surface area (Å²) < 4.78 is 0. The highest BCUT2D eigenvalue weighted by molar-refractivity contribution is 5.77. The van der Waals surface area contributed by atoms with Crippen molar-refractivity contribution in [3.05, 3.63) is 18.5 Å². The number of carbonyl (C=O) groups is 1. The Labute approximate surface area is 107 Å². The topological polar surface area (TPSA) is 58.1 Å². The number of amides is 1. The van der Waals surface area contributed by atoms with Gasteiger partial charge in [0.2, 0.25) is 11.9 Å². The molecule has 0 saturated carbocycles. The minimum atomic E-state index is -0.0488. The Morgan fingerprint density at radius 2 is 2.00 bits per heavy atom. The maximum absolute atomic E-state index is 11.6. The van der Waals surface area contributed by atoms with Crippen LogP contribution in [-0.4, -0.2) is 34.5 Å². The number of nitrogens with one attached hydrogen (secondary N) is 1. The van der Waals surface area contributed by atoms with Crippen LogP contribution in [0.1, 0.15) is 32.1 Å². The molecule has 0 radical (unpaired) electrons. The van der Waals surface area contributed by atoms with Crippen LogP contribution in [0.5, 0.6) is 0 Å². The fraction of sp³-hybridized carbons (Fsp3) is 0.615. The maximum atomic E-state index is 11.6. The highest BCUT2D eigenvalue weighted by atomic mass is 16.1. The van der Waals surface area contributed by atoms with E-state index in [9.17, 15) is 4.79 Å². The minimum absolute atomic E-state index is 0.0488. The van der Waals surface area contributed by atoms with E-state index in [-0.39, 0.29) is 11.4 Å². The molecule has 2 saturated heterocycles. The van der Waals surface area contributed by atoms with Crippen LogP contribution in [-0.2, 0) is 4.79 Å². The standard InChI is InChI=1S/C13H18N4O/c18-11-4-1-5-13(16-11)6-2-9-17(10-13)12-14-7-3-8-15-12/h3,7-8H,1-2,4-6,9-10H2,(H,16,18)/t13-/m1/s1. The van der Waals surface area contributed by atoms with E-state index in [0.717, 1.165) is 44.7 Å². The second-order valence-corrected chi connectivity index (χ2v) is 5.26. The van der Waals surface area contributed by atoms with Crippen LogP contribution in [0.25, 0.3) is 0 Å². The predicted octanol–water partition coefficient (Wildman–Crippen LogP) is 1.12.